The van der Waals surface area contributed by atoms with Gasteiger partial charge in [-0.15, -0.1) is 0 Å². The molecule has 0 amide bonds. The molecular formula is C7H15N. The van der Waals surface area contributed by atoms with Crippen LogP contribution in [0.1, 0.15) is 34.1 Å². The third-order valence-corrected chi connectivity index (χ3v) is 0.500. The molecule has 0 saturated carbocycles. The number of nitriles is 1. The summed E-state index contributed by atoms with van der Waals surface area (Å²) in [6.45, 7) is 8.06. The fourth-order valence-corrected chi connectivity index (χ4v) is 0.183. The van der Waals surface area contributed by atoms with Gasteiger partial charge in [-0.2, -0.15) is 5.26 Å². The van der Waals surface area contributed by atoms with Crippen molar-refractivity contribution in [3.63, 3.8) is 0 Å². The molecule has 0 unspecified atom stereocenters. The first-order valence-corrected chi connectivity index (χ1v) is 3.14. The molecule has 0 atom stereocenters. The maximum absolute atomic E-state index is 7.99. The number of hydrogen-bond acceptors (Lipinski definition) is 1. The molecule has 0 rings (SSSR count). The predicted molar refractivity (Wildman–Crippen MR) is 36.4 cm³/mol. The Morgan fingerprint density at radius 3 is 1.75 bits per heavy atom. The van der Waals surface area contributed by atoms with Gasteiger partial charge in [-0.25, -0.2) is 0 Å². The Hall–Kier alpha value is -0.510. The molecule has 0 aliphatic rings. The molecule has 0 fully saturated rings. The maximum Gasteiger partial charge on any atom is 0.0624 e. The van der Waals surface area contributed by atoms with Crippen molar-refractivity contribution in [2.24, 2.45) is 5.92 Å². The van der Waals surface area contributed by atoms with E-state index in [0.29, 0.717) is 12.3 Å². The highest BCUT2D eigenvalue weighted by Gasteiger charge is 1.85. The lowest BCUT2D eigenvalue weighted by molar-refractivity contribution is 0.671. The van der Waals surface area contributed by atoms with Gasteiger partial charge in [0.2, 0.25) is 0 Å². The van der Waals surface area contributed by atoms with Gasteiger partial charge in [0, 0.05) is 6.42 Å². The normalized spacial score (nSPS) is 7.00. The Balaban J connectivity index is 0. The van der Waals surface area contributed by atoms with Crippen molar-refractivity contribution in [1.82, 2.24) is 0 Å². The van der Waals surface area contributed by atoms with Crippen molar-refractivity contribution < 1.29 is 0 Å². The summed E-state index contributed by atoms with van der Waals surface area (Å²) >= 11 is 0. The van der Waals surface area contributed by atoms with Gasteiger partial charge in [0.15, 0.2) is 0 Å². The lowest BCUT2D eigenvalue weighted by atomic mass is 10.2. The van der Waals surface area contributed by atoms with E-state index in [2.05, 4.69) is 6.07 Å². The molecule has 48 valence electrons. The van der Waals surface area contributed by atoms with E-state index in [4.69, 9.17) is 5.26 Å². The molecule has 0 aliphatic heterocycles. The van der Waals surface area contributed by atoms with Crippen molar-refractivity contribution in [1.29, 1.82) is 5.26 Å². The van der Waals surface area contributed by atoms with Gasteiger partial charge in [0.25, 0.3) is 0 Å². The van der Waals surface area contributed by atoms with Gasteiger partial charge < -0.3 is 0 Å². The van der Waals surface area contributed by atoms with Crippen LogP contribution in [-0.4, -0.2) is 0 Å². The summed E-state index contributed by atoms with van der Waals surface area (Å²) in [6, 6.07) is 2.07. The van der Waals surface area contributed by atoms with Crippen LogP contribution in [0, 0.1) is 17.2 Å². The van der Waals surface area contributed by atoms with Crippen molar-refractivity contribution in [2.45, 2.75) is 34.1 Å². The minimum Gasteiger partial charge on any atom is -0.198 e. The summed E-state index contributed by atoms with van der Waals surface area (Å²) in [5.74, 6) is 0.537. The van der Waals surface area contributed by atoms with Crippen LogP contribution in [0.3, 0.4) is 0 Å². The van der Waals surface area contributed by atoms with Gasteiger partial charge in [-0.1, -0.05) is 27.7 Å². The van der Waals surface area contributed by atoms with E-state index in [9.17, 15) is 0 Å². The van der Waals surface area contributed by atoms with E-state index in [1.165, 1.54) is 0 Å². The van der Waals surface area contributed by atoms with Crippen LogP contribution in [0.2, 0.25) is 0 Å². The third-order valence-electron chi connectivity index (χ3n) is 0.500. The fourth-order valence-electron chi connectivity index (χ4n) is 0.183. The van der Waals surface area contributed by atoms with Gasteiger partial charge in [-0.3, -0.25) is 0 Å². The minimum atomic E-state index is 0.537. The van der Waals surface area contributed by atoms with Crippen LogP contribution in [0.5, 0.6) is 0 Å². The van der Waals surface area contributed by atoms with Gasteiger partial charge in [-0.05, 0) is 5.92 Å². The molecular weight excluding hydrogens is 98.1 g/mol. The second-order valence-electron chi connectivity index (χ2n) is 1.76. The lowest BCUT2D eigenvalue weighted by Crippen LogP contribution is -1.79. The topological polar surface area (TPSA) is 23.8 Å². The molecule has 0 aliphatic carbocycles. The van der Waals surface area contributed by atoms with Crippen LogP contribution in [0.4, 0.5) is 0 Å². The molecule has 0 saturated heterocycles. The molecule has 1 heteroatoms. The SMILES string of the molecule is CC.CC(C)CC#N. The average molecular weight is 113 g/mol. The van der Waals surface area contributed by atoms with E-state index in [0.717, 1.165) is 0 Å². The molecule has 0 spiro atoms. The van der Waals surface area contributed by atoms with E-state index < -0.39 is 0 Å². The molecule has 0 aromatic carbocycles. The molecule has 0 bridgehead atoms. The van der Waals surface area contributed by atoms with Crippen LogP contribution < -0.4 is 0 Å². The van der Waals surface area contributed by atoms with E-state index in [1.807, 2.05) is 27.7 Å². The fraction of sp³-hybridized carbons (Fsp3) is 0.857. The molecule has 0 aromatic rings. The van der Waals surface area contributed by atoms with Crippen molar-refractivity contribution >= 4 is 0 Å². The van der Waals surface area contributed by atoms with Crippen LogP contribution in [0.15, 0.2) is 0 Å². The zero-order chi connectivity index (χ0) is 6.99. The first-order valence-electron chi connectivity index (χ1n) is 3.14. The smallest absolute Gasteiger partial charge is 0.0624 e. The first-order chi connectivity index (χ1) is 3.77. The number of hydrogen-bond donors (Lipinski definition) is 0. The summed E-state index contributed by atoms with van der Waals surface area (Å²) < 4.78 is 0. The Bertz CT molecular complexity index is 59.3. The van der Waals surface area contributed by atoms with E-state index in [1.54, 1.807) is 0 Å². The van der Waals surface area contributed by atoms with Crippen molar-refractivity contribution in [3.8, 4) is 6.07 Å². The second-order valence-corrected chi connectivity index (χ2v) is 1.76. The summed E-state index contributed by atoms with van der Waals surface area (Å²) in [7, 11) is 0. The molecule has 0 aromatic heterocycles. The largest absolute Gasteiger partial charge is 0.198 e. The zero-order valence-electron chi connectivity index (χ0n) is 6.23. The molecule has 8 heavy (non-hydrogen) atoms. The van der Waals surface area contributed by atoms with Crippen LogP contribution >= 0.6 is 0 Å². The molecule has 0 N–H and O–H groups in total. The predicted octanol–water partition coefficient (Wildman–Crippen LogP) is 2.58. The van der Waals surface area contributed by atoms with Crippen molar-refractivity contribution in [2.75, 3.05) is 0 Å². The Labute approximate surface area is 52.3 Å². The molecule has 0 heterocycles. The standard InChI is InChI=1S/C5H9N.C2H6/c1-5(2)3-4-6;1-2/h5H,3H2,1-2H3;1-2H3. The highest BCUT2D eigenvalue weighted by molar-refractivity contribution is 4.69. The van der Waals surface area contributed by atoms with Gasteiger partial charge in [0.1, 0.15) is 0 Å². The summed E-state index contributed by atoms with van der Waals surface area (Å²) in [5.41, 5.74) is 0. The van der Waals surface area contributed by atoms with E-state index >= 15 is 0 Å². The highest BCUT2D eigenvalue weighted by atomic mass is 14.2. The number of rotatable bonds is 1. The maximum atomic E-state index is 7.99. The second kappa shape index (κ2) is 9.70. The summed E-state index contributed by atoms with van der Waals surface area (Å²) in [5, 5.41) is 7.99. The molecule has 0 radical (unpaired) electrons. The minimum absolute atomic E-state index is 0.537. The Morgan fingerprint density at radius 1 is 1.38 bits per heavy atom. The van der Waals surface area contributed by atoms with Gasteiger partial charge >= 0.3 is 0 Å². The van der Waals surface area contributed by atoms with Crippen LogP contribution in [-0.2, 0) is 0 Å². The lowest BCUT2D eigenvalue weighted by Gasteiger charge is -1.88. The zero-order valence-corrected chi connectivity index (χ0v) is 6.23. The van der Waals surface area contributed by atoms with E-state index in [-0.39, 0.29) is 0 Å². The highest BCUT2D eigenvalue weighted by Crippen LogP contribution is 1.94. The first kappa shape index (κ1) is 10.5. The monoisotopic (exact) mass is 113 g/mol. The summed E-state index contributed by atoms with van der Waals surface area (Å²) in [6.07, 6.45) is 0.681. The van der Waals surface area contributed by atoms with Crippen LogP contribution in [0.25, 0.3) is 0 Å². The summed E-state index contributed by atoms with van der Waals surface area (Å²) in [4.78, 5) is 0. The third kappa shape index (κ3) is 17.9. The Morgan fingerprint density at radius 2 is 1.75 bits per heavy atom. The van der Waals surface area contributed by atoms with Gasteiger partial charge in [0.05, 0.1) is 6.07 Å². The average Bonchev–Trinajstić information content (AvgIpc) is 1.72. The quantitative estimate of drug-likeness (QED) is 0.512. The molecule has 1 nitrogen and oxygen atoms in total. The number of nitrogens with zero attached hydrogens (tertiary/aromatic N) is 1. The van der Waals surface area contributed by atoms with Crippen molar-refractivity contribution in [3.05, 3.63) is 0 Å². The Kier molecular flexibility index (Phi) is 12.7.